The summed E-state index contributed by atoms with van der Waals surface area (Å²) in [4.78, 5) is 5.47. The molecule has 1 aliphatic rings. The van der Waals surface area contributed by atoms with Gasteiger partial charge >= 0.3 is 0 Å². The smallest absolute Gasteiger partial charge is 0.0248 e. The fraction of sp³-hybridized carbons (Fsp3) is 0.714. The van der Waals surface area contributed by atoms with Crippen LogP contribution in [0, 0.1) is 19.8 Å². The molecule has 0 aliphatic carbocycles. The van der Waals surface area contributed by atoms with Gasteiger partial charge in [-0.1, -0.05) is 6.92 Å². The lowest BCUT2D eigenvalue weighted by Crippen LogP contribution is -2.45. The second-order valence-electron chi connectivity index (χ2n) is 5.43. The van der Waals surface area contributed by atoms with Gasteiger partial charge in [-0.2, -0.15) is 0 Å². The summed E-state index contributed by atoms with van der Waals surface area (Å²) in [6.07, 6.45) is 2.58. The molecule has 1 fully saturated rings. The van der Waals surface area contributed by atoms with Gasteiger partial charge in [-0.15, -0.1) is 11.3 Å². The maximum absolute atomic E-state index is 5.91. The highest BCUT2D eigenvalue weighted by Gasteiger charge is 2.25. The molecule has 0 spiro atoms. The molecular formula is C14H24N2S. The van der Waals surface area contributed by atoms with Crippen molar-refractivity contribution in [3.05, 3.63) is 21.4 Å². The van der Waals surface area contributed by atoms with E-state index < -0.39 is 0 Å². The molecule has 2 unspecified atom stereocenters. The number of rotatable bonds is 3. The van der Waals surface area contributed by atoms with Gasteiger partial charge in [-0.3, -0.25) is 4.90 Å². The number of nitrogens with zero attached hydrogens (tertiary/aromatic N) is 1. The van der Waals surface area contributed by atoms with Gasteiger partial charge in [0, 0.05) is 28.9 Å². The van der Waals surface area contributed by atoms with Crippen LogP contribution in [0.3, 0.4) is 0 Å². The van der Waals surface area contributed by atoms with Crippen molar-refractivity contribution >= 4 is 11.3 Å². The Hall–Kier alpha value is -0.380. The average molecular weight is 252 g/mol. The van der Waals surface area contributed by atoms with Gasteiger partial charge in [-0.05, 0) is 50.8 Å². The van der Waals surface area contributed by atoms with E-state index in [0.29, 0.717) is 6.04 Å². The van der Waals surface area contributed by atoms with Crippen molar-refractivity contribution in [2.45, 2.75) is 46.2 Å². The molecule has 17 heavy (non-hydrogen) atoms. The molecule has 1 aliphatic heterocycles. The van der Waals surface area contributed by atoms with Gasteiger partial charge in [0.2, 0.25) is 0 Å². The topological polar surface area (TPSA) is 29.3 Å². The normalized spacial score (nSPS) is 26.4. The van der Waals surface area contributed by atoms with Gasteiger partial charge in [-0.25, -0.2) is 0 Å². The molecule has 1 saturated heterocycles. The van der Waals surface area contributed by atoms with Crippen LogP contribution in [-0.2, 0) is 6.54 Å². The van der Waals surface area contributed by atoms with Gasteiger partial charge in [0.15, 0.2) is 0 Å². The van der Waals surface area contributed by atoms with Gasteiger partial charge in [0.25, 0.3) is 0 Å². The van der Waals surface area contributed by atoms with Crippen LogP contribution in [0.25, 0.3) is 0 Å². The van der Waals surface area contributed by atoms with Crippen LogP contribution < -0.4 is 5.73 Å². The lowest BCUT2D eigenvalue weighted by molar-refractivity contribution is 0.115. The molecule has 0 aromatic carbocycles. The molecule has 0 bridgehead atoms. The zero-order valence-corrected chi connectivity index (χ0v) is 12.0. The number of hydrogen-bond donors (Lipinski definition) is 1. The van der Waals surface area contributed by atoms with E-state index in [2.05, 4.69) is 31.7 Å². The van der Waals surface area contributed by atoms with Crippen LogP contribution >= 0.6 is 11.3 Å². The first-order valence-electron chi connectivity index (χ1n) is 6.60. The Morgan fingerprint density at radius 2 is 2.24 bits per heavy atom. The standard InChI is InChI=1S/C14H24N2S/c1-10-4-5-16(14(6-10)8-15)9-13-7-11(2)17-12(13)3/h7,10,14H,4-6,8-9,15H2,1-3H3. The van der Waals surface area contributed by atoms with Gasteiger partial charge < -0.3 is 5.73 Å². The van der Waals surface area contributed by atoms with E-state index >= 15 is 0 Å². The van der Waals surface area contributed by atoms with Crippen molar-refractivity contribution < 1.29 is 0 Å². The minimum atomic E-state index is 0.582. The van der Waals surface area contributed by atoms with Crippen molar-refractivity contribution in [1.29, 1.82) is 0 Å². The molecule has 2 atom stereocenters. The number of piperidine rings is 1. The molecule has 2 N–H and O–H groups in total. The molecule has 1 aromatic rings. The van der Waals surface area contributed by atoms with Gasteiger partial charge in [0.05, 0.1) is 0 Å². The maximum atomic E-state index is 5.91. The summed E-state index contributed by atoms with van der Waals surface area (Å²) in [5, 5.41) is 0. The average Bonchev–Trinajstić information content (AvgIpc) is 2.60. The fourth-order valence-corrected chi connectivity index (χ4v) is 3.75. The summed E-state index contributed by atoms with van der Waals surface area (Å²) >= 11 is 1.91. The van der Waals surface area contributed by atoms with Crippen molar-refractivity contribution in [2.75, 3.05) is 13.1 Å². The molecule has 0 radical (unpaired) electrons. The summed E-state index contributed by atoms with van der Waals surface area (Å²) in [5.41, 5.74) is 7.41. The Bertz CT molecular complexity index is 372. The molecule has 0 saturated carbocycles. The van der Waals surface area contributed by atoms with Crippen molar-refractivity contribution in [3.8, 4) is 0 Å². The summed E-state index contributed by atoms with van der Waals surface area (Å²) in [5.74, 6) is 0.838. The van der Waals surface area contributed by atoms with Crippen molar-refractivity contribution in [3.63, 3.8) is 0 Å². The summed E-state index contributed by atoms with van der Waals surface area (Å²) in [7, 11) is 0. The first kappa shape index (κ1) is 13.1. The first-order valence-corrected chi connectivity index (χ1v) is 7.41. The highest BCUT2D eigenvalue weighted by Crippen LogP contribution is 2.27. The molecule has 2 heterocycles. The molecule has 0 amide bonds. The third-order valence-corrected chi connectivity index (χ3v) is 4.90. The number of likely N-dealkylation sites (tertiary alicyclic amines) is 1. The fourth-order valence-electron chi connectivity index (χ4n) is 2.81. The van der Waals surface area contributed by atoms with E-state index in [1.165, 1.54) is 34.7 Å². The second kappa shape index (κ2) is 5.51. The van der Waals surface area contributed by atoms with Crippen LogP contribution in [0.15, 0.2) is 6.07 Å². The molecular weight excluding hydrogens is 228 g/mol. The van der Waals surface area contributed by atoms with Crippen molar-refractivity contribution in [1.82, 2.24) is 4.90 Å². The van der Waals surface area contributed by atoms with E-state index in [4.69, 9.17) is 5.73 Å². The van der Waals surface area contributed by atoms with E-state index in [1.807, 2.05) is 11.3 Å². The summed E-state index contributed by atoms with van der Waals surface area (Å²) in [6.45, 7) is 9.87. The highest BCUT2D eigenvalue weighted by atomic mass is 32.1. The van der Waals surface area contributed by atoms with Crippen LogP contribution in [0.2, 0.25) is 0 Å². The summed E-state index contributed by atoms with van der Waals surface area (Å²) < 4.78 is 0. The second-order valence-corrected chi connectivity index (χ2v) is 6.89. The number of hydrogen-bond acceptors (Lipinski definition) is 3. The van der Waals surface area contributed by atoms with Crippen LogP contribution in [0.1, 0.15) is 35.1 Å². The molecule has 2 rings (SSSR count). The van der Waals surface area contributed by atoms with E-state index in [-0.39, 0.29) is 0 Å². The third kappa shape index (κ3) is 3.09. The zero-order chi connectivity index (χ0) is 12.4. The minimum absolute atomic E-state index is 0.582. The highest BCUT2D eigenvalue weighted by molar-refractivity contribution is 7.12. The van der Waals surface area contributed by atoms with Crippen molar-refractivity contribution in [2.24, 2.45) is 11.7 Å². The zero-order valence-electron chi connectivity index (χ0n) is 11.2. The number of aryl methyl sites for hydroxylation is 2. The van der Waals surface area contributed by atoms with E-state index in [0.717, 1.165) is 19.0 Å². The van der Waals surface area contributed by atoms with E-state index in [9.17, 15) is 0 Å². The maximum Gasteiger partial charge on any atom is 0.0248 e. The Morgan fingerprint density at radius 3 is 2.82 bits per heavy atom. The van der Waals surface area contributed by atoms with Gasteiger partial charge in [0.1, 0.15) is 0 Å². The summed E-state index contributed by atoms with van der Waals surface area (Å²) in [6, 6.07) is 2.92. The number of nitrogens with two attached hydrogens (primary N) is 1. The lowest BCUT2D eigenvalue weighted by atomic mass is 9.92. The Balaban J connectivity index is 2.04. The molecule has 3 heteroatoms. The predicted molar refractivity (Wildman–Crippen MR) is 75.4 cm³/mol. The predicted octanol–water partition coefficient (Wildman–Crippen LogP) is 2.92. The molecule has 96 valence electrons. The monoisotopic (exact) mass is 252 g/mol. The third-order valence-electron chi connectivity index (χ3n) is 3.89. The lowest BCUT2D eigenvalue weighted by Gasteiger charge is -2.38. The van der Waals surface area contributed by atoms with Crippen LogP contribution in [0.5, 0.6) is 0 Å². The SMILES string of the molecule is Cc1cc(CN2CCC(C)CC2CN)c(C)s1. The quantitative estimate of drug-likeness (QED) is 0.896. The van der Waals surface area contributed by atoms with Crippen LogP contribution in [-0.4, -0.2) is 24.0 Å². The Morgan fingerprint density at radius 1 is 1.47 bits per heavy atom. The molecule has 2 nitrogen and oxygen atoms in total. The molecule has 1 aromatic heterocycles. The minimum Gasteiger partial charge on any atom is -0.329 e. The number of thiophene rings is 1. The van der Waals surface area contributed by atoms with E-state index in [1.54, 1.807) is 0 Å². The Labute approximate surface area is 109 Å². The van der Waals surface area contributed by atoms with Crippen LogP contribution in [0.4, 0.5) is 0 Å². The Kier molecular flexibility index (Phi) is 4.23. The first-order chi connectivity index (χ1) is 8.10. The largest absolute Gasteiger partial charge is 0.329 e.